The number of aliphatic carboxylic acids is 1. The van der Waals surface area contributed by atoms with Crippen LogP contribution in [0.5, 0.6) is 0 Å². The van der Waals surface area contributed by atoms with E-state index < -0.39 is 29.2 Å². The number of nitrogens with zero attached hydrogens (tertiary/aromatic N) is 5. The molecule has 1 N–H and O–H groups in total. The number of rotatable bonds is 7. The summed E-state index contributed by atoms with van der Waals surface area (Å²) in [6.45, 7) is 1.48. The van der Waals surface area contributed by atoms with Crippen LogP contribution < -0.4 is 4.90 Å². The first-order valence-electron chi connectivity index (χ1n) is 10.1. The Kier molecular flexibility index (Phi) is 5.53. The van der Waals surface area contributed by atoms with Crippen molar-refractivity contribution in [2.75, 3.05) is 18.5 Å². The van der Waals surface area contributed by atoms with Crippen LogP contribution >= 0.6 is 0 Å². The Hall–Kier alpha value is -3.56. The SMILES string of the molecule is CC(=O)[N+]1=CC(c2ncc(F)c(N(C)CC3(C(=O)O)CC3)n2)=NC1Cc1ccccc1F. The fourth-order valence-corrected chi connectivity index (χ4v) is 3.76. The number of amides is 1. The molecule has 2 aliphatic rings. The third-order valence-electron chi connectivity index (χ3n) is 5.76. The first-order valence-corrected chi connectivity index (χ1v) is 10.1. The minimum Gasteiger partial charge on any atom is -0.481 e. The number of halogens is 2. The Balaban J connectivity index is 1.62. The van der Waals surface area contributed by atoms with Gasteiger partial charge in [0.15, 0.2) is 23.2 Å². The third-order valence-corrected chi connectivity index (χ3v) is 5.76. The molecule has 1 aromatic carbocycles. The second kappa shape index (κ2) is 8.18. The van der Waals surface area contributed by atoms with Gasteiger partial charge in [-0.25, -0.2) is 28.5 Å². The average molecular weight is 442 g/mol. The van der Waals surface area contributed by atoms with Crippen LogP contribution in [-0.4, -0.2) is 63.2 Å². The summed E-state index contributed by atoms with van der Waals surface area (Å²) in [5, 5.41) is 9.41. The lowest BCUT2D eigenvalue weighted by molar-refractivity contribution is -0.475. The van der Waals surface area contributed by atoms with Crippen molar-refractivity contribution < 1.29 is 28.1 Å². The average Bonchev–Trinajstić information content (AvgIpc) is 3.41. The highest BCUT2D eigenvalue weighted by Gasteiger charge is 2.51. The number of benzene rings is 1. The number of carboxylic acids is 1. The fraction of sp³-hybridized carbons (Fsp3) is 0.364. The van der Waals surface area contributed by atoms with E-state index in [1.54, 1.807) is 25.2 Å². The van der Waals surface area contributed by atoms with Crippen LogP contribution in [0, 0.1) is 17.0 Å². The van der Waals surface area contributed by atoms with Gasteiger partial charge in [-0.2, -0.15) is 0 Å². The van der Waals surface area contributed by atoms with Crippen LogP contribution in [0.4, 0.5) is 14.6 Å². The molecule has 1 atom stereocenters. The number of hydrogen-bond acceptors (Lipinski definition) is 6. The molecule has 1 saturated carbocycles. The van der Waals surface area contributed by atoms with Gasteiger partial charge < -0.3 is 10.0 Å². The summed E-state index contributed by atoms with van der Waals surface area (Å²) in [7, 11) is 1.57. The molecular weight excluding hydrogens is 420 g/mol. The zero-order valence-electron chi connectivity index (χ0n) is 17.6. The van der Waals surface area contributed by atoms with Gasteiger partial charge in [-0.3, -0.25) is 4.79 Å². The Morgan fingerprint density at radius 3 is 2.59 bits per heavy atom. The summed E-state index contributed by atoms with van der Waals surface area (Å²) in [5.74, 6) is -2.25. The predicted octanol–water partition coefficient (Wildman–Crippen LogP) is 2.06. The van der Waals surface area contributed by atoms with Gasteiger partial charge in [0.2, 0.25) is 6.21 Å². The summed E-state index contributed by atoms with van der Waals surface area (Å²) in [5.41, 5.74) is -0.221. The number of carbonyl (C=O) groups excluding carboxylic acids is 1. The standard InChI is InChI=1S/C22H21F2N5O3/c1-13(30)29-11-17(26-18(29)9-14-5-3-4-6-15(14)23)19-25-10-16(24)20(27-19)28(2)12-22(7-8-22)21(31)32/h3-6,10-11,18H,7-9,12H2,1-2H3/p+1. The number of hydrogen-bond donors (Lipinski definition) is 1. The molecule has 1 unspecified atom stereocenters. The molecule has 32 heavy (non-hydrogen) atoms. The van der Waals surface area contributed by atoms with Gasteiger partial charge in [-0.05, 0) is 24.5 Å². The van der Waals surface area contributed by atoms with Gasteiger partial charge in [0, 0.05) is 13.6 Å². The highest BCUT2D eigenvalue weighted by atomic mass is 19.1. The molecular formula is C22H22F2N5O3+. The second-order valence-corrected chi connectivity index (χ2v) is 8.15. The molecule has 2 aromatic rings. The smallest absolute Gasteiger partial charge is 0.385 e. The zero-order valence-corrected chi connectivity index (χ0v) is 17.6. The molecule has 8 nitrogen and oxygen atoms in total. The van der Waals surface area contributed by atoms with Gasteiger partial charge in [-0.15, -0.1) is 4.58 Å². The highest BCUT2D eigenvalue weighted by Crippen LogP contribution is 2.46. The largest absolute Gasteiger partial charge is 0.481 e. The number of carbonyl (C=O) groups is 2. The summed E-state index contributed by atoms with van der Waals surface area (Å²) in [4.78, 5) is 37.8. The summed E-state index contributed by atoms with van der Waals surface area (Å²) >= 11 is 0. The van der Waals surface area contributed by atoms with Crippen LogP contribution in [0.25, 0.3) is 0 Å². The molecule has 1 amide bonds. The quantitative estimate of drug-likeness (QED) is 0.659. The molecule has 166 valence electrons. The normalized spacial score (nSPS) is 18.7. The minimum atomic E-state index is -0.916. The van der Waals surface area contributed by atoms with Crippen molar-refractivity contribution in [2.24, 2.45) is 10.4 Å². The lowest BCUT2D eigenvalue weighted by Crippen LogP contribution is -2.33. The van der Waals surface area contributed by atoms with E-state index in [9.17, 15) is 23.5 Å². The molecule has 10 heteroatoms. The van der Waals surface area contributed by atoms with Crippen molar-refractivity contribution in [3.8, 4) is 0 Å². The first-order chi connectivity index (χ1) is 15.2. The topological polar surface area (TPSA) is 98.8 Å². The molecule has 0 radical (unpaired) electrons. The number of aliphatic imine (C=N–C) groups is 1. The molecule has 0 spiro atoms. The Morgan fingerprint density at radius 2 is 1.97 bits per heavy atom. The van der Waals surface area contributed by atoms with E-state index in [-0.39, 0.29) is 36.2 Å². The zero-order chi connectivity index (χ0) is 23.0. The maximum atomic E-state index is 14.4. The van der Waals surface area contributed by atoms with Crippen molar-refractivity contribution in [3.05, 3.63) is 53.5 Å². The van der Waals surface area contributed by atoms with Crippen LogP contribution in [-0.2, 0) is 16.0 Å². The molecule has 1 fully saturated rings. The summed E-state index contributed by atoms with van der Waals surface area (Å²) < 4.78 is 29.9. The van der Waals surface area contributed by atoms with Crippen LogP contribution in [0.15, 0.2) is 35.5 Å². The van der Waals surface area contributed by atoms with Crippen molar-refractivity contribution in [3.63, 3.8) is 0 Å². The van der Waals surface area contributed by atoms with E-state index in [2.05, 4.69) is 15.0 Å². The molecule has 2 heterocycles. The van der Waals surface area contributed by atoms with E-state index in [0.29, 0.717) is 18.4 Å². The van der Waals surface area contributed by atoms with E-state index in [4.69, 9.17) is 0 Å². The predicted molar refractivity (Wildman–Crippen MR) is 112 cm³/mol. The van der Waals surface area contributed by atoms with Gasteiger partial charge in [0.1, 0.15) is 5.82 Å². The van der Waals surface area contributed by atoms with Gasteiger partial charge in [0.25, 0.3) is 6.17 Å². The number of anilines is 1. The highest BCUT2D eigenvalue weighted by molar-refractivity contribution is 6.36. The van der Waals surface area contributed by atoms with Crippen molar-refractivity contribution in [1.82, 2.24) is 9.97 Å². The van der Waals surface area contributed by atoms with Crippen LogP contribution in [0.1, 0.15) is 31.2 Å². The third kappa shape index (κ3) is 4.12. The molecule has 4 rings (SSSR count). The maximum absolute atomic E-state index is 14.4. The lowest BCUT2D eigenvalue weighted by atomic mass is 10.1. The summed E-state index contributed by atoms with van der Waals surface area (Å²) in [6.07, 6.45) is 2.98. The molecule has 1 aromatic heterocycles. The van der Waals surface area contributed by atoms with Crippen LogP contribution in [0.3, 0.4) is 0 Å². The molecule has 0 bridgehead atoms. The van der Waals surface area contributed by atoms with E-state index >= 15 is 0 Å². The number of aromatic nitrogens is 2. The van der Waals surface area contributed by atoms with Gasteiger partial charge in [0.05, 0.1) is 25.0 Å². The second-order valence-electron chi connectivity index (χ2n) is 8.15. The van der Waals surface area contributed by atoms with Crippen molar-refractivity contribution in [1.29, 1.82) is 0 Å². The fourth-order valence-electron chi connectivity index (χ4n) is 3.76. The van der Waals surface area contributed by atoms with E-state index in [0.717, 1.165) is 6.20 Å². The molecule has 0 saturated heterocycles. The van der Waals surface area contributed by atoms with Crippen LogP contribution in [0.2, 0.25) is 0 Å². The van der Waals surface area contributed by atoms with Crippen molar-refractivity contribution in [2.45, 2.75) is 32.4 Å². The Morgan fingerprint density at radius 1 is 1.25 bits per heavy atom. The Bertz CT molecular complexity index is 1160. The van der Waals surface area contributed by atoms with Crippen molar-refractivity contribution >= 4 is 29.6 Å². The minimum absolute atomic E-state index is 0.0504. The summed E-state index contributed by atoms with van der Waals surface area (Å²) in [6, 6.07) is 6.25. The molecule has 1 aliphatic heterocycles. The molecule has 1 aliphatic carbocycles. The van der Waals surface area contributed by atoms with E-state index in [1.165, 1.54) is 28.7 Å². The van der Waals surface area contributed by atoms with Gasteiger partial charge >= 0.3 is 11.9 Å². The maximum Gasteiger partial charge on any atom is 0.385 e. The monoisotopic (exact) mass is 442 g/mol. The number of carboxylic acid groups (broad SMARTS) is 1. The Labute approximate surface area is 183 Å². The first kappa shape index (κ1) is 21.7. The lowest BCUT2D eigenvalue weighted by Gasteiger charge is -2.22. The van der Waals surface area contributed by atoms with E-state index in [1.807, 2.05) is 0 Å². The van der Waals surface area contributed by atoms with Gasteiger partial charge in [-0.1, -0.05) is 18.2 Å².